The topological polar surface area (TPSA) is 43.6 Å². The van der Waals surface area contributed by atoms with Gasteiger partial charge in [-0.2, -0.15) is 0 Å². The number of hydrogen-bond acceptors (Lipinski definition) is 6. The van der Waals surface area contributed by atoms with E-state index in [-0.39, 0.29) is 0 Å². The molecule has 1 aromatic carbocycles. The molecular weight excluding hydrogens is 380 g/mol. The summed E-state index contributed by atoms with van der Waals surface area (Å²) < 4.78 is 2.06. The number of aryl methyl sites for hydroxylation is 2. The van der Waals surface area contributed by atoms with E-state index in [1.165, 1.54) is 16.0 Å². The molecule has 0 spiro atoms. The molecule has 4 rings (SSSR count). The summed E-state index contributed by atoms with van der Waals surface area (Å²) in [5.41, 5.74) is 4.67. The van der Waals surface area contributed by atoms with Gasteiger partial charge in [0.25, 0.3) is 0 Å². The molecular formula is C19H18N4S3. The third-order valence-corrected chi connectivity index (χ3v) is 6.94. The number of aromatic nitrogens is 4. The lowest BCUT2D eigenvalue weighted by atomic mass is 10.1. The Balaban J connectivity index is 1.49. The average molecular weight is 399 g/mol. The van der Waals surface area contributed by atoms with E-state index in [2.05, 4.69) is 69.7 Å². The zero-order chi connectivity index (χ0) is 18.1. The second-order valence-corrected chi connectivity index (χ2v) is 8.97. The van der Waals surface area contributed by atoms with Gasteiger partial charge in [0.05, 0.1) is 5.69 Å². The lowest BCUT2D eigenvalue weighted by Crippen LogP contribution is -1.94. The molecule has 0 fully saturated rings. The van der Waals surface area contributed by atoms with Crippen LogP contribution in [0.3, 0.4) is 0 Å². The van der Waals surface area contributed by atoms with Crippen LogP contribution in [0.1, 0.15) is 16.1 Å². The van der Waals surface area contributed by atoms with Crippen molar-refractivity contribution in [1.29, 1.82) is 0 Å². The highest BCUT2D eigenvalue weighted by Crippen LogP contribution is 2.30. The molecule has 4 nitrogen and oxygen atoms in total. The van der Waals surface area contributed by atoms with Crippen LogP contribution in [-0.2, 0) is 12.8 Å². The highest BCUT2D eigenvalue weighted by atomic mass is 32.2. The van der Waals surface area contributed by atoms with E-state index in [1.54, 1.807) is 34.4 Å². The van der Waals surface area contributed by atoms with Gasteiger partial charge >= 0.3 is 0 Å². The average Bonchev–Trinajstić information content (AvgIpc) is 3.34. The van der Waals surface area contributed by atoms with Gasteiger partial charge in [-0.25, -0.2) is 4.98 Å². The maximum absolute atomic E-state index is 4.80. The zero-order valence-electron chi connectivity index (χ0n) is 14.8. The van der Waals surface area contributed by atoms with Crippen molar-refractivity contribution in [2.75, 3.05) is 0 Å². The molecule has 7 heteroatoms. The van der Waals surface area contributed by atoms with E-state index < -0.39 is 0 Å². The van der Waals surface area contributed by atoms with Gasteiger partial charge in [0, 0.05) is 39.6 Å². The molecule has 3 heterocycles. The van der Waals surface area contributed by atoms with E-state index in [1.807, 2.05) is 7.05 Å². The van der Waals surface area contributed by atoms with Crippen LogP contribution in [0.25, 0.3) is 22.0 Å². The lowest BCUT2D eigenvalue weighted by Gasteiger charge is -2.02. The molecule has 0 saturated carbocycles. The molecule has 0 atom stereocenters. The maximum atomic E-state index is 4.80. The van der Waals surface area contributed by atoms with Gasteiger partial charge in [-0.05, 0) is 25.5 Å². The summed E-state index contributed by atoms with van der Waals surface area (Å²) in [5, 5.41) is 15.0. The first-order valence-electron chi connectivity index (χ1n) is 8.20. The Hall–Kier alpha value is -1.96. The Morgan fingerprint density at radius 1 is 1.08 bits per heavy atom. The van der Waals surface area contributed by atoms with E-state index in [0.29, 0.717) is 0 Å². The van der Waals surface area contributed by atoms with Crippen LogP contribution in [-0.4, -0.2) is 19.7 Å². The monoisotopic (exact) mass is 398 g/mol. The third-order valence-electron chi connectivity index (χ3n) is 4.10. The first-order chi connectivity index (χ1) is 12.6. The van der Waals surface area contributed by atoms with Crippen molar-refractivity contribution >= 4 is 34.4 Å². The predicted octanol–water partition coefficient (Wildman–Crippen LogP) is 5.58. The summed E-state index contributed by atoms with van der Waals surface area (Å²) >= 11 is 5.10. The van der Waals surface area contributed by atoms with Crippen LogP contribution in [0.15, 0.2) is 46.2 Å². The number of nitrogens with zero attached hydrogens (tertiary/aromatic N) is 4. The normalized spacial score (nSPS) is 11.2. The standard InChI is InChI=1S/C19H18N4S3/c1-12-6-4-5-7-16(12)18-20-15(10-25-18)11-26-19-22-21-17(23(19)3)14-8-13(2)24-9-14/h4-10H,11H2,1-3H3. The van der Waals surface area contributed by atoms with Crippen LogP contribution >= 0.6 is 34.4 Å². The fourth-order valence-corrected chi connectivity index (χ4v) is 5.20. The van der Waals surface area contributed by atoms with Crippen molar-refractivity contribution in [3.05, 3.63) is 57.2 Å². The summed E-state index contributed by atoms with van der Waals surface area (Å²) in [7, 11) is 2.02. The van der Waals surface area contributed by atoms with Gasteiger partial charge < -0.3 is 4.57 Å². The van der Waals surface area contributed by atoms with Crippen LogP contribution in [0, 0.1) is 13.8 Å². The number of benzene rings is 1. The summed E-state index contributed by atoms with van der Waals surface area (Å²) in [6.45, 7) is 4.23. The van der Waals surface area contributed by atoms with Crippen molar-refractivity contribution in [2.24, 2.45) is 7.05 Å². The van der Waals surface area contributed by atoms with E-state index in [9.17, 15) is 0 Å². The summed E-state index contributed by atoms with van der Waals surface area (Å²) in [4.78, 5) is 6.08. The lowest BCUT2D eigenvalue weighted by molar-refractivity contribution is 0.793. The molecule has 0 aliphatic heterocycles. The van der Waals surface area contributed by atoms with Crippen LogP contribution in [0.2, 0.25) is 0 Å². The third kappa shape index (κ3) is 3.47. The highest BCUT2D eigenvalue weighted by molar-refractivity contribution is 7.98. The second-order valence-electron chi connectivity index (χ2n) is 6.06. The Bertz CT molecular complexity index is 1040. The van der Waals surface area contributed by atoms with Gasteiger partial charge in [-0.15, -0.1) is 32.9 Å². The molecule has 0 bridgehead atoms. The predicted molar refractivity (Wildman–Crippen MR) is 111 cm³/mol. The summed E-state index contributed by atoms with van der Waals surface area (Å²) in [6.07, 6.45) is 0. The van der Waals surface area contributed by atoms with Gasteiger partial charge in [-0.3, -0.25) is 0 Å². The fraction of sp³-hybridized carbons (Fsp3) is 0.211. The van der Waals surface area contributed by atoms with E-state index in [4.69, 9.17) is 4.98 Å². The Kier molecular flexibility index (Phi) is 4.93. The number of rotatable bonds is 5. The minimum Gasteiger partial charge on any atom is -0.305 e. The number of hydrogen-bond donors (Lipinski definition) is 0. The second kappa shape index (κ2) is 7.34. The molecule has 0 amide bonds. The smallest absolute Gasteiger partial charge is 0.191 e. The van der Waals surface area contributed by atoms with E-state index >= 15 is 0 Å². The molecule has 4 aromatic rings. The van der Waals surface area contributed by atoms with Crippen molar-refractivity contribution < 1.29 is 0 Å². The Morgan fingerprint density at radius 2 is 1.92 bits per heavy atom. The van der Waals surface area contributed by atoms with Crippen molar-refractivity contribution in [2.45, 2.75) is 24.8 Å². The van der Waals surface area contributed by atoms with Gasteiger partial charge in [0.2, 0.25) is 0 Å². The molecule has 0 aliphatic rings. The van der Waals surface area contributed by atoms with Crippen LogP contribution < -0.4 is 0 Å². The Morgan fingerprint density at radius 3 is 2.69 bits per heavy atom. The molecule has 0 aliphatic carbocycles. The molecule has 0 radical (unpaired) electrons. The molecule has 0 N–H and O–H groups in total. The van der Waals surface area contributed by atoms with Gasteiger partial charge in [0.1, 0.15) is 5.01 Å². The molecule has 26 heavy (non-hydrogen) atoms. The van der Waals surface area contributed by atoms with Crippen molar-refractivity contribution in [3.63, 3.8) is 0 Å². The minimum absolute atomic E-state index is 0.789. The quantitative estimate of drug-likeness (QED) is 0.412. The summed E-state index contributed by atoms with van der Waals surface area (Å²) in [5.74, 6) is 1.70. The van der Waals surface area contributed by atoms with Gasteiger partial charge in [-0.1, -0.05) is 36.0 Å². The van der Waals surface area contributed by atoms with Crippen molar-refractivity contribution in [3.8, 4) is 22.0 Å². The molecule has 0 saturated heterocycles. The molecule has 3 aromatic heterocycles. The van der Waals surface area contributed by atoms with E-state index in [0.717, 1.165) is 33.0 Å². The van der Waals surface area contributed by atoms with Crippen molar-refractivity contribution in [1.82, 2.24) is 19.7 Å². The zero-order valence-corrected chi connectivity index (χ0v) is 17.2. The number of thioether (sulfide) groups is 1. The molecule has 0 unspecified atom stereocenters. The van der Waals surface area contributed by atoms with Gasteiger partial charge in [0.15, 0.2) is 11.0 Å². The number of thiazole rings is 1. The SMILES string of the molecule is Cc1cc(-c2nnc(SCc3csc(-c4ccccc4C)n3)n2C)cs1. The maximum Gasteiger partial charge on any atom is 0.191 e. The van der Waals surface area contributed by atoms with Crippen LogP contribution in [0.5, 0.6) is 0 Å². The van der Waals surface area contributed by atoms with Crippen LogP contribution in [0.4, 0.5) is 0 Å². The molecule has 132 valence electrons. The largest absolute Gasteiger partial charge is 0.305 e. The first kappa shape index (κ1) is 17.5. The highest BCUT2D eigenvalue weighted by Gasteiger charge is 2.13. The summed E-state index contributed by atoms with van der Waals surface area (Å²) in [6, 6.07) is 10.5. The fourth-order valence-electron chi connectivity index (χ4n) is 2.70. The minimum atomic E-state index is 0.789. The first-order valence-corrected chi connectivity index (χ1v) is 10.9. The number of thiophene rings is 1. The Labute approximate surface area is 165 Å².